The second-order valence-electron chi connectivity index (χ2n) is 11.7. The molecule has 0 spiro atoms. The van der Waals surface area contributed by atoms with Gasteiger partial charge < -0.3 is 35.1 Å². The maximum absolute atomic E-state index is 12.8. The number of tetrazole rings is 1. The molecule has 1 saturated heterocycles. The number of hydrogen-bond acceptors (Lipinski definition) is 10. The number of para-hydroxylation sites is 1. The van der Waals surface area contributed by atoms with Crippen molar-refractivity contribution in [3.63, 3.8) is 0 Å². The number of amides is 2. The van der Waals surface area contributed by atoms with Gasteiger partial charge in [-0.2, -0.15) is 4.68 Å². The van der Waals surface area contributed by atoms with Gasteiger partial charge in [0, 0.05) is 29.1 Å². The Hall–Kier alpha value is -5.73. The van der Waals surface area contributed by atoms with Gasteiger partial charge in [0.25, 0.3) is 0 Å². The SMILES string of the molecule is O=C(Nc1ccc(Oc2ccccc2)cc1)Nc1ccc(C2OC(CSc3nnnn3-c3ccc(O)cc3)CC(c3ccc(CO)cc3)O2)cc1. The highest BCUT2D eigenvalue weighted by molar-refractivity contribution is 7.99. The van der Waals surface area contributed by atoms with Gasteiger partial charge in [-0.3, -0.25) is 0 Å². The van der Waals surface area contributed by atoms with Gasteiger partial charge in [-0.25, -0.2) is 4.79 Å². The van der Waals surface area contributed by atoms with Gasteiger partial charge in [-0.05, 0) is 94.4 Å². The van der Waals surface area contributed by atoms with Crippen molar-refractivity contribution in [1.29, 1.82) is 0 Å². The lowest BCUT2D eigenvalue weighted by atomic mass is 10.0. The zero-order valence-electron chi connectivity index (χ0n) is 27.2. The van der Waals surface area contributed by atoms with E-state index in [9.17, 15) is 15.0 Å². The third-order valence-corrected chi connectivity index (χ3v) is 9.13. The molecule has 4 N–H and O–H groups in total. The molecule has 5 aromatic carbocycles. The van der Waals surface area contributed by atoms with Crippen LogP contribution in [0.3, 0.4) is 0 Å². The third-order valence-electron chi connectivity index (χ3n) is 8.08. The van der Waals surface area contributed by atoms with Gasteiger partial charge >= 0.3 is 6.03 Å². The first-order chi connectivity index (χ1) is 25.0. The molecule has 7 rings (SSSR count). The molecule has 51 heavy (non-hydrogen) atoms. The van der Waals surface area contributed by atoms with E-state index in [-0.39, 0.29) is 30.6 Å². The standard InChI is InChI=1S/C38H34N6O6S/c45-23-25-6-8-26(9-7-25)35-22-34(24-51-38-41-42-43-44(38)30-16-18-31(46)19-17-30)49-36(50-35)27-10-12-28(13-11-27)39-37(47)40-29-14-20-33(21-15-29)48-32-4-2-1-3-5-32/h1-21,34-36,45-46H,22-24H2,(H2,39,40,47). The number of aromatic nitrogens is 4. The quantitative estimate of drug-likeness (QED) is 0.0992. The number of carbonyl (C=O) groups is 1. The van der Waals surface area contributed by atoms with Gasteiger partial charge in [0.2, 0.25) is 5.16 Å². The molecular formula is C38H34N6O6S. The Kier molecular flexibility index (Phi) is 10.5. The number of phenols is 1. The number of thioether (sulfide) groups is 1. The van der Waals surface area contributed by atoms with Crippen molar-refractivity contribution in [2.24, 2.45) is 0 Å². The van der Waals surface area contributed by atoms with Crippen LogP contribution < -0.4 is 15.4 Å². The van der Waals surface area contributed by atoms with Crippen LogP contribution in [0.4, 0.5) is 16.2 Å². The number of urea groups is 1. The lowest BCUT2D eigenvalue weighted by Crippen LogP contribution is -2.31. The Bertz CT molecular complexity index is 2030. The predicted octanol–water partition coefficient (Wildman–Crippen LogP) is 7.63. The van der Waals surface area contributed by atoms with E-state index < -0.39 is 6.29 Å². The molecule has 3 unspecified atom stereocenters. The van der Waals surface area contributed by atoms with Crippen LogP contribution in [0.25, 0.3) is 5.69 Å². The van der Waals surface area contributed by atoms with E-state index in [1.54, 1.807) is 65.3 Å². The Morgan fingerprint density at radius 1 is 0.804 bits per heavy atom. The number of ether oxygens (including phenoxy) is 3. The van der Waals surface area contributed by atoms with Crippen LogP contribution >= 0.6 is 11.8 Å². The van der Waals surface area contributed by atoms with Crippen molar-refractivity contribution in [3.05, 3.63) is 144 Å². The van der Waals surface area contributed by atoms with Crippen LogP contribution in [0.5, 0.6) is 17.2 Å². The lowest BCUT2D eigenvalue weighted by Gasteiger charge is -2.36. The van der Waals surface area contributed by atoms with Crippen molar-refractivity contribution >= 4 is 29.2 Å². The maximum atomic E-state index is 12.8. The van der Waals surface area contributed by atoms with Gasteiger partial charge in [-0.1, -0.05) is 66.4 Å². The highest BCUT2D eigenvalue weighted by atomic mass is 32.2. The van der Waals surface area contributed by atoms with Crippen molar-refractivity contribution in [3.8, 4) is 22.9 Å². The topological polar surface area (TPSA) is 153 Å². The molecule has 3 atom stereocenters. The normalized spacial score (nSPS) is 17.1. The molecular weight excluding hydrogens is 669 g/mol. The molecule has 1 aromatic heterocycles. The molecule has 0 bridgehead atoms. The number of rotatable bonds is 11. The van der Waals surface area contributed by atoms with Crippen molar-refractivity contribution in [2.45, 2.75) is 36.7 Å². The summed E-state index contributed by atoms with van der Waals surface area (Å²) in [5.41, 5.74) is 4.51. The van der Waals surface area contributed by atoms with E-state index in [4.69, 9.17) is 14.2 Å². The Labute approximate surface area is 298 Å². The summed E-state index contributed by atoms with van der Waals surface area (Å²) < 4.78 is 20.4. The molecule has 13 heteroatoms. The number of nitrogens with one attached hydrogen (secondary N) is 2. The number of hydrogen-bond donors (Lipinski definition) is 4. The van der Waals surface area contributed by atoms with Crippen molar-refractivity contribution < 1.29 is 29.2 Å². The molecule has 0 radical (unpaired) electrons. The molecule has 0 aliphatic carbocycles. The van der Waals surface area contributed by atoms with Gasteiger partial charge in [-0.15, -0.1) is 5.10 Å². The van der Waals surface area contributed by atoms with E-state index in [0.717, 1.165) is 28.1 Å². The van der Waals surface area contributed by atoms with Gasteiger partial charge in [0.1, 0.15) is 17.2 Å². The molecule has 1 aliphatic heterocycles. The average Bonchev–Trinajstić information content (AvgIpc) is 3.64. The zero-order valence-corrected chi connectivity index (χ0v) is 28.0. The molecule has 6 aromatic rings. The number of benzene rings is 5. The van der Waals surface area contributed by atoms with Crippen LogP contribution in [-0.4, -0.2) is 48.3 Å². The summed E-state index contributed by atoms with van der Waals surface area (Å²) in [7, 11) is 0. The van der Waals surface area contributed by atoms with Crippen LogP contribution in [0.15, 0.2) is 133 Å². The fourth-order valence-corrected chi connectivity index (χ4v) is 6.37. The number of aromatic hydroxyl groups is 1. The van der Waals surface area contributed by atoms with Gasteiger partial charge in [0.15, 0.2) is 6.29 Å². The summed E-state index contributed by atoms with van der Waals surface area (Å²) >= 11 is 1.46. The zero-order chi connectivity index (χ0) is 35.0. The minimum atomic E-state index is -0.681. The summed E-state index contributed by atoms with van der Waals surface area (Å²) in [5.74, 6) is 2.09. The molecule has 2 amide bonds. The highest BCUT2D eigenvalue weighted by Crippen LogP contribution is 2.39. The number of anilines is 2. The summed E-state index contributed by atoms with van der Waals surface area (Å²) in [4.78, 5) is 12.8. The minimum Gasteiger partial charge on any atom is -0.508 e. The largest absolute Gasteiger partial charge is 0.508 e. The van der Waals surface area contributed by atoms with E-state index in [0.29, 0.717) is 34.5 Å². The monoisotopic (exact) mass is 702 g/mol. The molecule has 258 valence electrons. The molecule has 2 heterocycles. The first-order valence-electron chi connectivity index (χ1n) is 16.2. The Morgan fingerprint density at radius 2 is 1.45 bits per heavy atom. The maximum Gasteiger partial charge on any atom is 0.323 e. The van der Waals surface area contributed by atoms with Crippen molar-refractivity contribution in [1.82, 2.24) is 20.2 Å². The smallest absolute Gasteiger partial charge is 0.323 e. The first-order valence-corrected chi connectivity index (χ1v) is 17.2. The third kappa shape index (κ3) is 8.71. The number of nitrogens with zero attached hydrogens (tertiary/aromatic N) is 4. The molecule has 1 fully saturated rings. The van der Waals surface area contributed by atoms with E-state index >= 15 is 0 Å². The number of aliphatic hydroxyl groups excluding tert-OH is 1. The second kappa shape index (κ2) is 15.9. The number of carbonyl (C=O) groups excluding carboxylic acids is 1. The number of phenolic OH excluding ortho intramolecular Hbond substituents is 1. The second-order valence-corrected chi connectivity index (χ2v) is 12.7. The molecule has 12 nitrogen and oxygen atoms in total. The molecule has 0 saturated carbocycles. The van der Waals surface area contributed by atoms with E-state index in [1.807, 2.05) is 66.7 Å². The summed E-state index contributed by atoms with van der Waals surface area (Å²) in [6, 6.07) is 37.9. The number of aliphatic hydroxyl groups is 1. The van der Waals surface area contributed by atoms with Gasteiger partial charge in [0.05, 0.1) is 24.5 Å². The fraction of sp³-hybridized carbons (Fsp3) is 0.158. The summed E-state index contributed by atoms with van der Waals surface area (Å²) in [6.07, 6.45) is -0.598. The fourth-order valence-electron chi connectivity index (χ4n) is 5.46. The minimum absolute atomic E-state index is 0.0407. The average molecular weight is 703 g/mol. The molecule has 1 aliphatic rings. The van der Waals surface area contributed by atoms with Crippen LogP contribution in [0.2, 0.25) is 0 Å². The van der Waals surface area contributed by atoms with E-state index in [2.05, 4.69) is 26.2 Å². The summed E-state index contributed by atoms with van der Waals surface area (Å²) in [5, 5.41) is 37.7. The summed E-state index contributed by atoms with van der Waals surface area (Å²) in [6.45, 7) is -0.0407. The van der Waals surface area contributed by atoms with Crippen LogP contribution in [0.1, 0.15) is 35.5 Å². The Balaban J connectivity index is 1.00. The Morgan fingerprint density at radius 3 is 2.14 bits per heavy atom. The van der Waals surface area contributed by atoms with Crippen LogP contribution in [-0.2, 0) is 16.1 Å². The first kappa shape index (κ1) is 33.8. The lowest BCUT2D eigenvalue weighted by molar-refractivity contribution is -0.245. The van der Waals surface area contributed by atoms with E-state index in [1.165, 1.54) is 11.8 Å². The van der Waals surface area contributed by atoms with Crippen molar-refractivity contribution in [2.75, 3.05) is 16.4 Å². The highest BCUT2D eigenvalue weighted by Gasteiger charge is 2.32. The predicted molar refractivity (Wildman–Crippen MR) is 192 cm³/mol. The van der Waals surface area contributed by atoms with Crippen LogP contribution in [0, 0.1) is 0 Å².